The van der Waals surface area contributed by atoms with Crippen LogP contribution >= 0.6 is 11.3 Å². The number of pyridine rings is 1. The molecule has 1 aliphatic carbocycles. The second-order valence-electron chi connectivity index (χ2n) is 9.79. The summed E-state index contributed by atoms with van der Waals surface area (Å²) in [6.07, 6.45) is 7.48. The molecule has 1 saturated carbocycles. The Labute approximate surface area is 201 Å². The lowest BCUT2D eigenvalue weighted by molar-refractivity contribution is 0.0938. The van der Waals surface area contributed by atoms with Gasteiger partial charge in [-0.1, -0.05) is 6.07 Å². The van der Waals surface area contributed by atoms with E-state index < -0.39 is 5.82 Å². The average Bonchev–Trinajstić information content (AvgIpc) is 3.54. The molecule has 176 valence electrons. The number of fused-ring (bicyclic) bond motifs is 2. The summed E-state index contributed by atoms with van der Waals surface area (Å²) in [4.78, 5) is 29.9. The van der Waals surface area contributed by atoms with E-state index in [1.165, 1.54) is 23.1 Å². The standard InChI is InChI=1S/C25H27FN6OS/c1-14-19-22(25(7-8-25)13-29-23(19)33)34-21(14)20-17(26)12-28-24(31-20)30-18-4-3-16(11-27-18)15-5-9-32(2)10-6-15/h3-4,11-12,15H,5-10,13H2,1-2H3,(H,29,33)(H,27,28,30,31). The summed E-state index contributed by atoms with van der Waals surface area (Å²) >= 11 is 1.50. The van der Waals surface area contributed by atoms with Crippen LogP contribution in [0.25, 0.3) is 10.6 Å². The average molecular weight is 479 g/mol. The molecule has 1 spiro atoms. The van der Waals surface area contributed by atoms with E-state index in [4.69, 9.17) is 0 Å². The lowest BCUT2D eigenvalue weighted by Gasteiger charge is -2.29. The van der Waals surface area contributed by atoms with Crippen LogP contribution in [0.4, 0.5) is 16.2 Å². The largest absolute Gasteiger partial charge is 0.351 e. The molecule has 2 N–H and O–H groups in total. The van der Waals surface area contributed by atoms with Gasteiger partial charge in [0, 0.05) is 23.0 Å². The maximum Gasteiger partial charge on any atom is 0.252 e. The minimum absolute atomic E-state index is 0.0287. The molecule has 1 saturated heterocycles. The number of aromatic nitrogens is 3. The summed E-state index contributed by atoms with van der Waals surface area (Å²) < 4.78 is 14.9. The molecule has 0 radical (unpaired) electrons. The van der Waals surface area contributed by atoms with E-state index >= 15 is 0 Å². The third-order valence-corrected chi connectivity index (χ3v) is 9.02. The quantitative estimate of drug-likeness (QED) is 0.579. The number of hydrogen-bond donors (Lipinski definition) is 2. The van der Waals surface area contributed by atoms with Crippen LogP contribution in [0.2, 0.25) is 0 Å². The highest BCUT2D eigenvalue weighted by atomic mass is 32.1. The Hall–Kier alpha value is -2.91. The van der Waals surface area contributed by atoms with Crippen LogP contribution < -0.4 is 10.6 Å². The number of piperidine rings is 1. The molecule has 0 aromatic carbocycles. The van der Waals surface area contributed by atoms with E-state index in [-0.39, 0.29) is 23.0 Å². The fourth-order valence-corrected chi connectivity index (χ4v) is 6.66. The molecule has 3 aromatic heterocycles. The van der Waals surface area contributed by atoms with Gasteiger partial charge in [0.1, 0.15) is 11.5 Å². The molecule has 0 atom stereocenters. The number of anilines is 2. The van der Waals surface area contributed by atoms with Gasteiger partial charge in [-0.2, -0.15) is 0 Å². The first kappa shape index (κ1) is 21.6. The summed E-state index contributed by atoms with van der Waals surface area (Å²) in [7, 11) is 2.16. The molecule has 34 heavy (non-hydrogen) atoms. The number of carbonyl (C=O) groups is 1. The predicted molar refractivity (Wildman–Crippen MR) is 130 cm³/mol. The van der Waals surface area contributed by atoms with Crippen molar-refractivity contribution in [1.29, 1.82) is 0 Å². The molecule has 0 unspecified atom stereocenters. The van der Waals surface area contributed by atoms with E-state index in [2.05, 4.69) is 43.6 Å². The van der Waals surface area contributed by atoms with Crippen molar-refractivity contribution in [3.63, 3.8) is 0 Å². The van der Waals surface area contributed by atoms with Crippen LogP contribution in [-0.2, 0) is 5.41 Å². The van der Waals surface area contributed by atoms with Crippen molar-refractivity contribution >= 4 is 29.0 Å². The molecule has 5 heterocycles. The Balaban J connectivity index is 1.26. The fourth-order valence-electron chi connectivity index (χ4n) is 5.12. The third-order valence-electron chi connectivity index (χ3n) is 7.47. The minimum atomic E-state index is -0.497. The van der Waals surface area contributed by atoms with Crippen LogP contribution in [0, 0.1) is 12.7 Å². The predicted octanol–water partition coefficient (Wildman–Crippen LogP) is 4.38. The number of amides is 1. The number of nitrogens with zero attached hydrogens (tertiary/aromatic N) is 4. The van der Waals surface area contributed by atoms with Gasteiger partial charge in [-0.05, 0) is 75.9 Å². The molecule has 9 heteroatoms. The number of nitrogens with one attached hydrogen (secondary N) is 2. The molecule has 2 aliphatic heterocycles. The van der Waals surface area contributed by atoms with Crippen molar-refractivity contribution in [2.24, 2.45) is 0 Å². The number of hydrogen-bond acceptors (Lipinski definition) is 7. The van der Waals surface area contributed by atoms with E-state index in [0.717, 1.165) is 49.2 Å². The van der Waals surface area contributed by atoms with Crippen LogP contribution in [-0.4, -0.2) is 52.4 Å². The minimum Gasteiger partial charge on any atom is -0.351 e. The first-order valence-electron chi connectivity index (χ1n) is 11.8. The molecule has 7 nitrogen and oxygen atoms in total. The highest BCUT2D eigenvalue weighted by Crippen LogP contribution is 2.55. The number of likely N-dealkylation sites (tertiary alicyclic amines) is 1. The zero-order chi connectivity index (χ0) is 23.4. The van der Waals surface area contributed by atoms with Gasteiger partial charge in [0.25, 0.3) is 5.91 Å². The molecular formula is C25H27FN6OS. The van der Waals surface area contributed by atoms with Crippen molar-refractivity contribution in [3.05, 3.63) is 51.9 Å². The Morgan fingerprint density at radius 3 is 2.71 bits per heavy atom. The lowest BCUT2D eigenvalue weighted by Crippen LogP contribution is -2.38. The molecule has 3 aromatic rings. The maximum absolute atomic E-state index is 14.9. The normalized spacial score (nSPS) is 19.7. The van der Waals surface area contributed by atoms with E-state index in [9.17, 15) is 9.18 Å². The summed E-state index contributed by atoms with van der Waals surface area (Å²) in [5.41, 5.74) is 2.98. The monoisotopic (exact) mass is 478 g/mol. The van der Waals surface area contributed by atoms with Gasteiger partial charge in [-0.15, -0.1) is 11.3 Å². The van der Waals surface area contributed by atoms with Gasteiger partial charge < -0.3 is 15.5 Å². The van der Waals surface area contributed by atoms with Crippen LogP contribution in [0.3, 0.4) is 0 Å². The Morgan fingerprint density at radius 2 is 2.00 bits per heavy atom. The topological polar surface area (TPSA) is 83.0 Å². The Bertz CT molecular complexity index is 1260. The van der Waals surface area contributed by atoms with Crippen molar-refractivity contribution < 1.29 is 9.18 Å². The van der Waals surface area contributed by atoms with Gasteiger partial charge >= 0.3 is 0 Å². The van der Waals surface area contributed by atoms with Crippen molar-refractivity contribution in [2.75, 3.05) is 32.0 Å². The lowest BCUT2D eigenvalue weighted by atomic mass is 9.91. The Morgan fingerprint density at radius 1 is 1.21 bits per heavy atom. The zero-order valence-electron chi connectivity index (χ0n) is 19.3. The Kier molecular flexibility index (Phi) is 5.14. The number of thiophene rings is 1. The van der Waals surface area contributed by atoms with E-state index in [1.807, 2.05) is 19.2 Å². The van der Waals surface area contributed by atoms with Crippen molar-refractivity contribution in [3.8, 4) is 10.6 Å². The van der Waals surface area contributed by atoms with Crippen LogP contribution in [0.15, 0.2) is 24.5 Å². The first-order chi connectivity index (χ1) is 16.4. The smallest absolute Gasteiger partial charge is 0.252 e. The van der Waals surface area contributed by atoms with Gasteiger partial charge in [0.15, 0.2) is 5.82 Å². The fraction of sp³-hybridized carbons (Fsp3) is 0.440. The van der Waals surface area contributed by atoms with Crippen LogP contribution in [0.5, 0.6) is 0 Å². The van der Waals surface area contributed by atoms with Crippen LogP contribution in [0.1, 0.15) is 58.0 Å². The zero-order valence-corrected chi connectivity index (χ0v) is 20.1. The second-order valence-corrected chi connectivity index (χ2v) is 10.8. The maximum atomic E-state index is 14.9. The van der Waals surface area contributed by atoms with E-state index in [0.29, 0.717) is 28.7 Å². The third kappa shape index (κ3) is 3.67. The molecule has 1 amide bonds. The van der Waals surface area contributed by atoms with Gasteiger partial charge in [0.05, 0.1) is 16.6 Å². The summed E-state index contributed by atoms with van der Waals surface area (Å²) in [5, 5.41) is 6.12. The summed E-state index contributed by atoms with van der Waals surface area (Å²) in [6, 6.07) is 4.03. The van der Waals surface area contributed by atoms with Gasteiger partial charge in [-0.25, -0.2) is 19.3 Å². The summed E-state index contributed by atoms with van der Waals surface area (Å²) in [5.74, 6) is 0.864. The van der Waals surface area contributed by atoms with E-state index in [1.54, 1.807) is 0 Å². The molecular weight excluding hydrogens is 451 g/mol. The molecule has 6 rings (SSSR count). The number of carbonyl (C=O) groups excluding carboxylic acids is 1. The molecule has 3 aliphatic rings. The van der Waals surface area contributed by atoms with Crippen molar-refractivity contribution in [2.45, 2.75) is 43.9 Å². The first-order valence-corrected chi connectivity index (χ1v) is 12.6. The summed E-state index contributed by atoms with van der Waals surface area (Å²) in [6.45, 7) is 4.75. The molecule has 0 bridgehead atoms. The molecule has 2 fully saturated rings. The van der Waals surface area contributed by atoms with Gasteiger partial charge in [0.2, 0.25) is 5.95 Å². The number of rotatable bonds is 4. The SMILES string of the molecule is Cc1c(-c2nc(Nc3ccc(C4CCN(C)CC4)cn3)ncc2F)sc2c1C(=O)NCC21CC1. The second kappa shape index (κ2) is 8.09. The highest BCUT2D eigenvalue weighted by Gasteiger charge is 2.51. The highest BCUT2D eigenvalue weighted by molar-refractivity contribution is 7.16. The van der Waals surface area contributed by atoms with Crippen molar-refractivity contribution in [1.82, 2.24) is 25.2 Å². The van der Waals surface area contributed by atoms with Gasteiger partial charge in [-0.3, -0.25) is 4.79 Å². The number of halogens is 1.